The van der Waals surface area contributed by atoms with Crippen LogP contribution in [0.5, 0.6) is 0 Å². The molecule has 78 valence electrons. The predicted molar refractivity (Wildman–Crippen MR) is 59.8 cm³/mol. The number of carboxylic acid groups (broad SMARTS) is 1. The molecule has 1 aromatic carbocycles. The maximum atomic E-state index is 10.9. The van der Waals surface area contributed by atoms with Crippen molar-refractivity contribution in [3.63, 3.8) is 0 Å². The summed E-state index contributed by atoms with van der Waals surface area (Å²) in [6.07, 6.45) is 3.30. The molecule has 0 spiro atoms. The van der Waals surface area contributed by atoms with E-state index in [9.17, 15) is 4.79 Å². The Morgan fingerprint density at radius 1 is 1.27 bits per heavy atom. The van der Waals surface area contributed by atoms with Crippen LogP contribution in [0.1, 0.15) is 28.7 Å². The van der Waals surface area contributed by atoms with E-state index < -0.39 is 5.97 Å². The van der Waals surface area contributed by atoms with E-state index in [-0.39, 0.29) is 0 Å². The van der Waals surface area contributed by atoms with Crippen molar-refractivity contribution in [1.82, 2.24) is 0 Å². The minimum absolute atomic E-state index is 0.521. The van der Waals surface area contributed by atoms with Gasteiger partial charge in [0.2, 0.25) is 0 Å². The maximum Gasteiger partial charge on any atom is 0.331 e. The molecule has 0 atom stereocenters. The Morgan fingerprint density at radius 3 is 2.67 bits per heavy atom. The molecule has 0 saturated heterocycles. The molecule has 1 aromatic rings. The van der Waals surface area contributed by atoms with E-state index in [1.807, 2.05) is 6.92 Å². The minimum Gasteiger partial charge on any atom is -0.478 e. The van der Waals surface area contributed by atoms with E-state index in [2.05, 4.69) is 19.1 Å². The topological polar surface area (TPSA) is 37.3 Å². The zero-order valence-corrected chi connectivity index (χ0v) is 9.00. The first-order chi connectivity index (χ1) is 7.08. The lowest BCUT2D eigenvalue weighted by atomic mass is 9.88. The van der Waals surface area contributed by atoms with Crippen molar-refractivity contribution in [2.24, 2.45) is 0 Å². The molecule has 0 radical (unpaired) electrons. The second-order valence-electron chi connectivity index (χ2n) is 4.12. The van der Waals surface area contributed by atoms with Crippen LogP contribution in [0.2, 0.25) is 0 Å². The summed E-state index contributed by atoms with van der Waals surface area (Å²) in [5.41, 5.74) is 5.36. The van der Waals surface area contributed by atoms with Gasteiger partial charge in [0.15, 0.2) is 0 Å². The number of hydrogen-bond acceptors (Lipinski definition) is 1. The van der Waals surface area contributed by atoms with Crippen LogP contribution in [0.4, 0.5) is 0 Å². The molecule has 2 rings (SSSR count). The van der Waals surface area contributed by atoms with Crippen molar-refractivity contribution in [2.45, 2.75) is 26.7 Å². The summed E-state index contributed by atoms with van der Waals surface area (Å²) in [6.45, 7) is 4.13. The lowest BCUT2D eigenvalue weighted by molar-refractivity contribution is -0.132. The van der Waals surface area contributed by atoms with Gasteiger partial charge in [-0.3, -0.25) is 0 Å². The highest BCUT2D eigenvalue weighted by molar-refractivity contribution is 5.93. The van der Waals surface area contributed by atoms with Gasteiger partial charge in [0, 0.05) is 5.57 Å². The normalized spacial score (nSPS) is 14.4. The second kappa shape index (κ2) is 3.54. The molecule has 0 heterocycles. The van der Waals surface area contributed by atoms with Crippen LogP contribution in [-0.4, -0.2) is 11.1 Å². The fourth-order valence-electron chi connectivity index (χ4n) is 2.19. The molecule has 0 fully saturated rings. The average molecular weight is 202 g/mol. The van der Waals surface area contributed by atoms with Crippen molar-refractivity contribution < 1.29 is 9.90 Å². The summed E-state index contributed by atoms with van der Waals surface area (Å²) in [4.78, 5) is 10.9. The Balaban J connectivity index is 2.54. The van der Waals surface area contributed by atoms with Crippen LogP contribution in [0.25, 0.3) is 6.08 Å². The molecule has 0 unspecified atom stereocenters. The van der Waals surface area contributed by atoms with E-state index in [0.29, 0.717) is 12.0 Å². The van der Waals surface area contributed by atoms with E-state index in [1.54, 1.807) is 6.08 Å². The van der Waals surface area contributed by atoms with E-state index in [4.69, 9.17) is 5.11 Å². The smallest absolute Gasteiger partial charge is 0.331 e. The highest BCUT2D eigenvalue weighted by Gasteiger charge is 2.16. The first-order valence-corrected chi connectivity index (χ1v) is 5.12. The van der Waals surface area contributed by atoms with Gasteiger partial charge in [0.05, 0.1) is 0 Å². The number of rotatable bonds is 1. The average Bonchev–Trinajstić information content (AvgIpc) is 2.16. The van der Waals surface area contributed by atoms with Crippen LogP contribution < -0.4 is 0 Å². The summed E-state index contributed by atoms with van der Waals surface area (Å²) in [6, 6.07) is 4.21. The molecule has 15 heavy (non-hydrogen) atoms. The zero-order valence-electron chi connectivity index (χ0n) is 9.00. The third kappa shape index (κ3) is 1.80. The maximum absolute atomic E-state index is 10.9. The van der Waals surface area contributed by atoms with E-state index in [0.717, 1.165) is 12.0 Å². The molecule has 0 aliphatic heterocycles. The fraction of sp³-hybridized carbons (Fsp3) is 0.308. The van der Waals surface area contributed by atoms with Crippen LogP contribution in [0.3, 0.4) is 0 Å². The highest BCUT2D eigenvalue weighted by atomic mass is 16.4. The van der Waals surface area contributed by atoms with Crippen LogP contribution in [0.15, 0.2) is 17.7 Å². The molecule has 2 heteroatoms. The monoisotopic (exact) mass is 202 g/mol. The molecular weight excluding hydrogens is 188 g/mol. The standard InChI is InChI=1S/C13H14O2/c1-8-5-9(2)12-4-3-10(13(14)15)7-11(12)6-8/h5-7H,3-4H2,1-2H3,(H,14,15). The SMILES string of the molecule is Cc1cc(C)c2c(c1)C=C(C(=O)O)CC2. The van der Waals surface area contributed by atoms with Gasteiger partial charge in [-0.15, -0.1) is 0 Å². The van der Waals surface area contributed by atoms with Gasteiger partial charge < -0.3 is 5.11 Å². The van der Waals surface area contributed by atoms with Crippen LogP contribution >= 0.6 is 0 Å². The van der Waals surface area contributed by atoms with Gasteiger partial charge in [-0.2, -0.15) is 0 Å². The molecule has 0 aromatic heterocycles. The fourth-order valence-corrected chi connectivity index (χ4v) is 2.19. The molecule has 1 aliphatic rings. The number of carboxylic acids is 1. The third-order valence-corrected chi connectivity index (χ3v) is 2.90. The summed E-state index contributed by atoms with van der Waals surface area (Å²) in [5, 5.41) is 8.93. The van der Waals surface area contributed by atoms with Crippen molar-refractivity contribution in [3.8, 4) is 0 Å². The predicted octanol–water partition coefficient (Wildman–Crippen LogP) is 2.72. The van der Waals surface area contributed by atoms with Crippen molar-refractivity contribution in [1.29, 1.82) is 0 Å². The second-order valence-corrected chi connectivity index (χ2v) is 4.12. The molecule has 1 N–H and O–H groups in total. The van der Waals surface area contributed by atoms with E-state index >= 15 is 0 Å². The van der Waals surface area contributed by atoms with Gasteiger partial charge in [-0.1, -0.05) is 17.7 Å². The minimum atomic E-state index is -0.792. The lowest BCUT2D eigenvalue weighted by Gasteiger charge is -2.17. The number of aryl methyl sites for hydroxylation is 2. The van der Waals surface area contributed by atoms with Crippen molar-refractivity contribution >= 4 is 12.0 Å². The third-order valence-electron chi connectivity index (χ3n) is 2.90. The van der Waals surface area contributed by atoms with Crippen molar-refractivity contribution in [3.05, 3.63) is 40.0 Å². The molecule has 0 amide bonds. The number of carbonyl (C=O) groups is 1. The van der Waals surface area contributed by atoms with Gasteiger partial charge >= 0.3 is 5.97 Å². The Labute approximate surface area is 89.2 Å². The van der Waals surface area contributed by atoms with E-state index in [1.165, 1.54) is 16.7 Å². The molecular formula is C13H14O2. The van der Waals surface area contributed by atoms with Crippen LogP contribution in [-0.2, 0) is 11.2 Å². The zero-order chi connectivity index (χ0) is 11.0. The lowest BCUT2D eigenvalue weighted by Crippen LogP contribution is -2.08. The summed E-state index contributed by atoms with van der Waals surface area (Å²) in [5.74, 6) is -0.792. The van der Waals surface area contributed by atoms with Crippen LogP contribution in [0, 0.1) is 13.8 Å². The Morgan fingerprint density at radius 2 is 2.00 bits per heavy atom. The first kappa shape index (κ1) is 9.97. The Bertz CT molecular complexity index is 456. The molecule has 0 saturated carbocycles. The highest BCUT2D eigenvalue weighted by Crippen LogP contribution is 2.27. The van der Waals surface area contributed by atoms with Gasteiger partial charge in [0.1, 0.15) is 0 Å². The molecule has 2 nitrogen and oxygen atoms in total. The van der Waals surface area contributed by atoms with Gasteiger partial charge in [-0.05, 0) is 49.5 Å². The summed E-state index contributed by atoms with van der Waals surface area (Å²) >= 11 is 0. The Kier molecular flexibility index (Phi) is 2.35. The number of fused-ring (bicyclic) bond motifs is 1. The van der Waals surface area contributed by atoms with Gasteiger partial charge in [-0.25, -0.2) is 4.79 Å². The molecule has 0 bridgehead atoms. The number of aliphatic carboxylic acids is 1. The first-order valence-electron chi connectivity index (χ1n) is 5.12. The summed E-state index contributed by atoms with van der Waals surface area (Å²) < 4.78 is 0. The van der Waals surface area contributed by atoms with Crippen molar-refractivity contribution in [2.75, 3.05) is 0 Å². The number of benzene rings is 1. The van der Waals surface area contributed by atoms with Gasteiger partial charge in [0.25, 0.3) is 0 Å². The quantitative estimate of drug-likeness (QED) is 0.760. The number of hydrogen-bond donors (Lipinski definition) is 1. The molecule has 1 aliphatic carbocycles. The Hall–Kier alpha value is -1.57. The summed E-state index contributed by atoms with van der Waals surface area (Å²) in [7, 11) is 0. The largest absolute Gasteiger partial charge is 0.478 e.